The molecule has 4 aromatic rings. The Labute approximate surface area is 188 Å². The van der Waals surface area contributed by atoms with Crippen molar-refractivity contribution in [1.82, 2.24) is 20.1 Å². The van der Waals surface area contributed by atoms with Crippen LogP contribution in [-0.4, -0.2) is 26.4 Å². The average molecular weight is 453 g/mol. The zero-order chi connectivity index (χ0) is 21.6. The highest BCUT2D eigenvalue weighted by Crippen LogP contribution is 2.28. The van der Waals surface area contributed by atoms with Crippen LogP contribution in [0.15, 0.2) is 84.0 Å². The summed E-state index contributed by atoms with van der Waals surface area (Å²) in [5.74, 6) is 0.216. The Bertz CT molecular complexity index is 1180. The van der Waals surface area contributed by atoms with Gasteiger partial charge in [-0.05, 0) is 42.5 Å². The molecule has 4 rings (SSSR count). The third kappa shape index (κ3) is 5.13. The number of rotatable bonds is 7. The van der Waals surface area contributed by atoms with E-state index in [1.54, 1.807) is 30.3 Å². The van der Waals surface area contributed by atoms with Crippen LogP contribution in [0.4, 0.5) is 4.39 Å². The van der Waals surface area contributed by atoms with E-state index in [-0.39, 0.29) is 24.0 Å². The summed E-state index contributed by atoms with van der Waals surface area (Å²) in [6, 6.07) is 23.4. The lowest BCUT2D eigenvalue weighted by molar-refractivity contribution is -0.118. The maximum atomic E-state index is 13.7. The fourth-order valence-corrected chi connectivity index (χ4v) is 3.88. The van der Waals surface area contributed by atoms with Gasteiger partial charge < -0.3 is 5.32 Å². The second-order valence-corrected chi connectivity index (χ2v) is 8.02. The van der Waals surface area contributed by atoms with Crippen molar-refractivity contribution in [2.75, 3.05) is 5.75 Å². The van der Waals surface area contributed by atoms with Crippen LogP contribution in [-0.2, 0) is 11.3 Å². The number of carbonyl (C=O) groups excluding carboxylic acids is 1. The van der Waals surface area contributed by atoms with Crippen LogP contribution in [0.5, 0.6) is 0 Å². The van der Waals surface area contributed by atoms with Gasteiger partial charge in [0, 0.05) is 28.4 Å². The fourth-order valence-electron chi connectivity index (χ4n) is 2.98. The Morgan fingerprint density at radius 3 is 2.42 bits per heavy atom. The number of hydrogen-bond acceptors (Lipinski definition) is 4. The Balaban J connectivity index is 1.52. The second kappa shape index (κ2) is 9.76. The van der Waals surface area contributed by atoms with Gasteiger partial charge in [-0.15, -0.1) is 10.2 Å². The van der Waals surface area contributed by atoms with E-state index in [1.807, 2.05) is 47.0 Å². The van der Waals surface area contributed by atoms with E-state index in [0.717, 1.165) is 11.3 Å². The topological polar surface area (TPSA) is 59.8 Å². The van der Waals surface area contributed by atoms with Gasteiger partial charge in [-0.2, -0.15) is 0 Å². The van der Waals surface area contributed by atoms with Gasteiger partial charge in [-0.25, -0.2) is 4.39 Å². The SMILES string of the molecule is O=C(CSc1nnc(-c2ccc(Cl)cc2)n1-c1ccccc1)NCc1ccccc1F. The molecule has 0 atom stereocenters. The van der Waals surface area contributed by atoms with Crippen molar-refractivity contribution in [3.05, 3.63) is 95.3 Å². The first kappa shape index (κ1) is 21.1. The molecule has 31 heavy (non-hydrogen) atoms. The minimum atomic E-state index is -0.341. The molecule has 0 aliphatic rings. The largest absolute Gasteiger partial charge is 0.351 e. The van der Waals surface area contributed by atoms with Gasteiger partial charge in [-0.1, -0.05) is 59.8 Å². The molecule has 1 N–H and O–H groups in total. The molecule has 0 unspecified atom stereocenters. The van der Waals surface area contributed by atoms with Crippen LogP contribution in [0.3, 0.4) is 0 Å². The van der Waals surface area contributed by atoms with Crippen LogP contribution in [0.1, 0.15) is 5.56 Å². The number of thioether (sulfide) groups is 1. The summed E-state index contributed by atoms with van der Waals surface area (Å²) < 4.78 is 15.6. The third-order valence-electron chi connectivity index (χ3n) is 4.52. The normalized spacial score (nSPS) is 10.8. The summed E-state index contributed by atoms with van der Waals surface area (Å²) in [6.45, 7) is 0.132. The third-order valence-corrected chi connectivity index (χ3v) is 5.70. The zero-order valence-corrected chi connectivity index (χ0v) is 17.9. The van der Waals surface area contributed by atoms with Gasteiger partial charge in [0.2, 0.25) is 5.91 Å². The van der Waals surface area contributed by atoms with Gasteiger partial charge in [0.15, 0.2) is 11.0 Å². The van der Waals surface area contributed by atoms with Gasteiger partial charge >= 0.3 is 0 Å². The maximum absolute atomic E-state index is 13.7. The van der Waals surface area contributed by atoms with Crippen molar-refractivity contribution in [3.63, 3.8) is 0 Å². The number of para-hydroxylation sites is 1. The number of nitrogens with one attached hydrogen (secondary N) is 1. The summed E-state index contributed by atoms with van der Waals surface area (Å²) in [4.78, 5) is 12.3. The second-order valence-electron chi connectivity index (χ2n) is 6.64. The quantitative estimate of drug-likeness (QED) is 0.395. The smallest absolute Gasteiger partial charge is 0.230 e. The highest BCUT2D eigenvalue weighted by atomic mass is 35.5. The van der Waals surface area contributed by atoms with Gasteiger partial charge in [0.25, 0.3) is 0 Å². The van der Waals surface area contributed by atoms with Crippen LogP contribution < -0.4 is 5.32 Å². The number of benzene rings is 3. The monoisotopic (exact) mass is 452 g/mol. The molecule has 0 saturated carbocycles. The van der Waals surface area contributed by atoms with Crippen LogP contribution in [0.25, 0.3) is 17.1 Å². The predicted octanol–water partition coefficient (Wildman–Crippen LogP) is 5.14. The number of carbonyl (C=O) groups is 1. The first-order chi connectivity index (χ1) is 15.1. The van der Waals surface area contributed by atoms with Crippen molar-refractivity contribution >= 4 is 29.3 Å². The van der Waals surface area contributed by atoms with Crippen molar-refractivity contribution in [3.8, 4) is 17.1 Å². The van der Waals surface area contributed by atoms with E-state index in [9.17, 15) is 9.18 Å². The first-order valence-corrected chi connectivity index (χ1v) is 10.9. The van der Waals surface area contributed by atoms with Crippen molar-refractivity contribution < 1.29 is 9.18 Å². The lowest BCUT2D eigenvalue weighted by Crippen LogP contribution is -2.25. The molecule has 0 aliphatic heterocycles. The molecule has 0 aliphatic carbocycles. The lowest BCUT2D eigenvalue weighted by atomic mass is 10.2. The van der Waals surface area contributed by atoms with E-state index >= 15 is 0 Å². The number of amides is 1. The van der Waals surface area contributed by atoms with E-state index < -0.39 is 0 Å². The molecular formula is C23H18ClFN4OS. The van der Waals surface area contributed by atoms with E-state index in [2.05, 4.69) is 15.5 Å². The lowest BCUT2D eigenvalue weighted by Gasteiger charge is -2.10. The van der Waals surface area contributed by atoms with Gasteiger partial charge in [0.05, 0.1) is 5.75 Å². The number of aromatic nitrogens is 3. The molecule has 0 radical (unpaired) electrons. The summed E-state index contributed by atoms with van der Waals surface area (Å²) in [6.07, 6.45) is 0. The Kier molecular flexibility index (Phi) is 6.64. The molecule has 0 spiro atoms. The van der Waals surface area contributed by atoms with Gasteiger partial charge in [-0.3, -0.25) is 9.36 Å². The Morgan fingerprint density at radius 2 is 1.68 bits per heavy atom. The predicted molar refractivity (Wildman–Crippen MR) is 121 cm³/mol. The number of halogens is 2. The average Bonchev–Trinajstić information content (AvgIpc) is 3.22. The number of nitrogens with zero attached hydrogens (tertiary/aromatic N) is 3. The number of hydrogen-bond donors (Lipinski definition) is 1. The Morgan fingerprint density at radius 1 is 0.968 bits per heavy atom. The summed E-state index contributed by atoms with van der Waals surface area (Å²) in [5, 5.41) is 12.6. The standard InChI is InChI=1S/C23H18ClFN4OS/c24-18-12-10-16(11-13-18)22-27-28-23(29(22)19-7-2-1-3-8-19)31-15-21(30)26-14-17-6-4-5-9-20(17)25/h1-13H,14-15H2,(H,26,30). The summed E-state index contributed by atoms with van der Waals surface area (Å²) in [7, 11) is 0. The maximum Gasteiger partial charge on any atom is 0.230 e. The molecule has 1 heterocycles. The summed E-state index contributed by atoms with van der Waals surface area (Å²) >= 11 is 7.28. The molecule has 1 aromatic heterocycles. The Hall–Kier alpha value is -3.16. The van der Waals surface area contributed by atoms with E-state index in [4.69, 9.17) is 11.6 Å². The first-order valence-electron chi connectivity index (χ1n) is 9.51. The van der Waals surface area contributed by atoms with Crippen LogP contribution in [0, 0.1) is 5.82 Å². The van der Waals surface area contributed by atoms with E-state index in [0.29, 0.717) is 21.6 Å². The highest BCUT2D eigenvalue weighted by Gasteiger charge is 2.17. The molecule has 5 nitrogen and oxygen atoms in total. The minimum absolute atomic E-state index is 0.125. The molecule has 0 fully saturated rings. The minimum Gasteiger partial charge on any atom is -0.351 e. The van der Waals surface area contributed by atoms with E-state index in [1.165, 1.54) is 17.8 Å². The zero-order valence-electron chi connectivity index (χ0n) is 16.3. The van der Waals surface area contributed by atoms with Crippen LogP contribution >= 0.6 is 23.4 Å². The van der Waals surface area contributed by atoms with Crippen molar-refractivity contribution in [1.29, 1.82) is 0 Å². The molecule has 0 bridgehead atoms. The molecule has 3 aromatic carbocycles. The molecule has 156 valence electrons. The molecule has 8 heteroatoms. The van der Waals surface area contributed by atoms with Crippen molar-refractivity contribution in [2.24, 2.45) is 0 Å². The fraction of sp³-hybridized carbons (Fsp3) is 0.0870. The molecule has 0 saturated heterocycles. The van der Waals surface area contributed by atoms with Gasteiger partial charge in [0.1, 0.15) is 5.82 Å². The molecular weight excluding hydrogens is 435 g/mol. The summed E-state index contributed by atoms with van der Waals surface area (Å²) in [5.41, 5.74) is 2.18. The highest BCUT2D eigenvalue weighted by molar-refractivity contribution is 7.99. The molecule has 1 amide bonds. The van der Waals surface area contributed by atoms with Crippen LogP contribution in [0.2, 0.25) is 5.02 Å². The van der Waals surface area contributed by atoms with Crippen molar-refractivity contribution in [2.45, 2.75) is 11.7 Å².